The van der Waals surface area contributed by atoms with E-state index in [0.29, 0.717) is 21.3 Å². The van der Waals surface area contributed by atoms with Crippen LogP contribution in [0.15, 0.2) is 28.2 Å². The molecule has 0 saturated heterocycles. The van der Waals surface area contributed by atoms with Crippen LogP contribution < -0.4 is 0 Å². The van der Waals surface area contributed by atoms with Crippen molar-refractivity contribution in [1.82, 2.24) is 14.5 Å². The van der Waals surface area contributed by atoms with Crippen molar-refractivity contribution in [2.75, 3.05) is 0 Å². The molecule has 18 heavy (non-hydrogen) atoms. The predicted molar refractivity (Wildman–Crippen MR) is 76.0 cm³/mol. The first-order chi connectivity index (χ1) is 8.65. The summed E-state index contributed by atoms with van der Waals surface area (Å²) < 4.78 is 16.4. The zero-order valence-electron chi connectivity index (χ0n) is 8.98. The topological polar surface area (TPSA) is 33.6 Å². The number of imidazole rings is 1. The fraction of sp³-hybridized carbons (Fsp3) is 0.0909. The molecular weight excluding hydrogens is 337 g/mol. The van der Waals surface area contributed by atoms with Crippen LogP contribution in [0.1, 0.15) is 5.01 Å². The van der Waals surface area contributed by atoms with Gasteiger partial charge in [0, 0.05) is 17.6 Å². The van der Waals surface area contributed by atoms with E-state index in [4.69, 9.17) is 12.2 Å². The molecule has 0 spiro atoms. The van der Waals surface area contributed by atoms with Gasteiger partial charge in [0.05, 0.1) is 22.1 Å². The van der Waals surface area contributed by atoms with Crippen molar-refractivity contribution in [1.29, 1.82) is 0 Å². The molecule has 2 aromatic heterocycles. The molecule has 7 heteroatoms. The van der Waals surface area contributed by atoms with Crippen molar-refractivity contribution in [2.45, 2.75) is 6.54 Å². The van der Waals surface area contributed by atoms with Gasteiger partial charge in [-0.25, -0.2) is 9.37 Å². The molecule has 0 unspecified atom stereocenters. The first kappa shape index (κ1) is 12.0. The Bertz CT molecular complexity index is 761. The monoisotopic (exact) mass is 343 g/mol. The molecule has 0 atom stereocenters. The van der Waals surface area contributed by atoms with Crippen LogP contribution in [0, 0.1) is 10.6 Å². The molecule has 3 nitrogen and oxygen atoms in total. The Balaban J connectivity index is 2.19. The quantitative estimate of drug-likeness (QED) is 0.710. The summed E-state index contributed by atoms with van der Waals surface area (Å²) in [7, 11) is 0. The number of nitrogens with zero attached hydrogens (tertiary/aromatic N) is 2. The van der Waals surface area contributed by atoms with Gasteiger partial charge in [-0.1, -0.05) is 0 Å². The van der Waals surface area contributed by atoms with E-state index in [1.807, 2.05) is 9.95 Å². The molecule has 0 aliphatic rings. The van der Waals surface area contributed by atoms with E-state index < -0.39 is 0 Å². The lowest BCUT2D eigenvalue weighted by Gasteiger charge is -2.02. The minimum absolute atomic E-state index is 0.305. The van der Waals surface area contributed by atoms with Gasteiger partial charge in [0.1, 0.15) is 10.8 Å². The number of hydrogen-bond acceptors (Lipinski definition) is 3. The van der Waals surface area contributed by atoms with Gasteiger partial charge < -0.3 is 9.55 Å². The standard InChI is InChI=1S/C11H7BrFN3S2/c12-6-3-9-8(4-7(6)13)15-11(17)16(9)5-10-14-1-2-18-10/h1-4H,5H2,(H,15,17). The highest BCUT2D eigenvalue weighted by molar-refractivity contribution is 9.10. The van der Waals surface area contributed by atoms with Crippen LogP contribution in [0.5, 0.6) is 0 Å². The molecule has 2 heterocycles. The minimum Gasteiger partial charge on any atom is -0.330 e. The summed E-state index contributed by atoms with van der Waals surface area (Å²) in [6.45, 7) is 0.592. The molecule has 92 valence electrons. The molecular formula is C11H7BrFN3S2. The molecule has 0 saturated carbocycles. The smallest absolute Gasteiger partial charge is 0.178 e. The van der Waals surface area contributed by atoms with E-state index >= 15 is 0 Å². The van der Waals surface area contributed by atoms with Crippen molar-refractivity contribution in [2.24, 2.45) is 0 Å². The minimum atomic E-state index is -0.305. The Kier molecular flexibility index (Phi) is 3.04. The normalized spacial score (nSPS) is 11.2. The zero-order chi connectivity index (χ0) is 12.7. The van der Waals surface area contributed by atoms with Crippen LogP contribution in [0.25, 0.3) is 11.0 Å². The summed E-state index contributed by atoms with van der Waals surface area (Å²) in [5.41, 5.74) is 1.56. The van der Waals surface area contributed by atoms with Crippen LogP contribution in [0.2, 0.25) is 0 Å². The third kappa shape index (κ3) is 2.02. The van der Waals surface area contributed by atoms with Crippen LogP contribution in [0.3, 0.4) is 0 Å². The molecule has 0 aliphatic heterocycles. The highest BCUT2D eigenvalue weighted by atomic mass is 79.9. The molecule has 3 aromatic rings. The van der Waals surface area contributed by atoms with E-state index in [2.05, 4.69) is 25.9 Å². The van der Waals surface area contributed by atoms with E-state index in [1.165, 1.54) is 6.07 Å². The van der Waals surface area contributed by atoms with E-state index in [0.717, 1.165) is 10.5 Å². The van der Waals surface area contributed by atoms with E-state index in [9.17, 15) is 4.39 Å². The number of nitrogens with one attached hydrogen (secondary N) is 1. The van der Waals surface area contributed by atoms with Gasteiger partial charge in [0.2, 0.25) is 0 Å². The fourth-order valence-electron chi connectivity index (χ4n) is 1.78. The van der Waals surface area contributed by atoms with E-state index in [1.54, 1.807) is 23.6 Å². The SMILES string of the molecule is Fc1cc2[nH]c(=S)n(Cc3nccs3)c2cc1Br. The Labute approximate surface area is 119 Å². The fourth-order valence-corrected chi connectivity index (χ4v) is 2.98. The van der Waals surface area contributed by atoms with Gasteiger partial charge in [-0.2, -0.15) is 0 Å². The number of rotatable bonds is 2. The second kappa shape index (κ2) is 4.56. The number of aromatic amines is 1. The Morgan fingerprint density at radius 1 is 1.50 bits per heavy atom. The second-order valence-corrected chi connectivity index (χ2v) is 5.95. The maximum absolute atomic E-state index is 13.4. The summed E-state index contributed by atoms with van der Waals surface area (Å²) in [5.74, 6) is -0.305. The maximum Gasteiger partial charge on any atom is 0.178 e. The average molecular weight is 344 g/mol. The number of aromatic nitrogens is 3. The van der Waals surface area contributed by atoms with E-state index in [-0.39, 0.29) is 5.82 Å². The van der Waals surface area contributed by atoms with Gasteiger partial charge in [-0.3, -0.25) is 0 Å². The molecule has 0 bridgehead atoms. The number of thiazole rings is 1. The van der Waals surface area contributed by atoms with Gasteiger partial charge in [0.15, 0.2) is 4.77 Å². The highest BCUT2D eigenvalue weighted by Crippen LogP contribution is 2.24. The van der Waals surface area contributed by atoms with Crippen LogP contribution in [-0.2, 0) is 6.54 Å². The molecule has 0 aliphatic carbocycles. The summed E-state index contributed by atoms with van der Waals surface area (Å²) in [6, 6.07) is 3.16. The Hall–Kier alpha value is -1.05. The molecule has 3 rings (SSSR count). The lowest BCUT2D eigenvalue weighted by molar-refractivity contribution is 0.622. The van der Waals surface area contributed by atoms with Gasteiger partial charge in [-0.15, -0.1) is 11.3 Å². The molecule has 0 radical (unpaired) electrons. The van der Waals surface area contributed by atoms with Crippen molar-refractivity contribution in [3.63, 3.8) is 0 Å². The predicted octanol–water partition coefficient (Wildman–Crippen LogP) is 4.11. The number of fused-ring (bicyclic) bond motifs is 1. The number of benzene rings is 1. The highest BCUT2D eigenvalue weighted by Gasteiger charge is 2.09. The van der Waals surface area contributed by atoms with Crippen molar-refractivity contribution >= 4 is 50.5 Å². The Morgan fingerprint density at radius 3 is 3.06 bits per heavy atom. The van der Waals surface area contributed by atoms with Gasteiger partial charge in [0.25, 0.3) is 0 Å². The molecule has 0 fully saturated rings. The first-order valence-electron chi connectivity index (χ1n) is 5.11. The number of hydrogen-bond donors (Lipinski definition) is 1. The van der Waals surface area contributed by atoms with Crippen LogP contribution in [0.4, 0.5) is 4.39 Å². The molecule has 1 aromatic carbocycles. The summed E-state index contributed by atoms with van der Waals surface area (Å²) in [5, 5.41) is 2.89. The van der Waals surface area contributed by atoms with Crippen LogP contribution >= 0.6 is 39.5 Å². The van der Waals surface area contributed by atoms with Crippen LogP contribution in [-0.4, -0.2) is 14.5 Å². The lowest BCUT2D eigenvalue weighted by atomic mass is 10.3. The first-order valence-corrected chi connectivity index (χ1v) is 7.19. The summed E-state index contributed by atoms with van der Waals surface area (Å²) in [6.07, 6.45) is 1.76. The summed E-state index contributed by atoms with van der Waals surface area (Å²) in [4.78, 5) is 7.23. The lowest BCUT2D eigenvalue weighted by Crippen LogP contribution is -1.99. The average Bonchev–Trinajstić information content (AvgIpc) is 2.92. The van der Waals surface area contributed by atoms with Crippen molar-refractivity contribution < 1.29 is 4.39 Å². The van der Waals surface area contributed by atoms with Gasteiger partial charge >= 0.3 is 0 Å². The largest absolute Gasteiger partial charge is 0.330 e. The van der Waals surface area contributed by atoms with Gasteiger partial charge in [-0.05, 0) is 34.2 Å². The maximum atomic E-state index is 13.4. The second-order valence-electron chi connectivity index (χ2n) is 3.73. The number of H-pyrrole nitrogens is 1. The Morgan fingerprint density at radius 2 is 2.33 bits per heavy atom. The van der Waals surface area contributed by atoms with Crippen molar-refractivity contribution in [3.8, 4) is 0 Å². The third-order valence-electron chi connectivity index (χ3n) is 2.59. The van der Waals surface area contributed by atoms with Crippen molar-refractivity contribution in [3.05, 3.63) is 43.8 Å². The third-order valence-corrected chi connectivity index (χ3v) is 4.29. The number of halogens is 2. The zero-order valence-corrected chi connectivity index (χ0v) is 12.2. The molecule has 1 N–H and O–H groups in total. The molecule has 0 amide bonds. The summed E-state index contributed by atoms with van der Waals surface area (Å²) >= 11 is 10.0.